The molecule has 0 fully saturated rings. The molecular formula is C10H20N2O4. The molecule has 0 bridgehead atoms. The van der Waals surface area contributed by atoms with E-state index in [1.165, 1.54) is 0 Å². The third kappa shape index (κ3) is 9.11. The number of nitrogens with two attached hydrogens (primary N) is 2. The van der Waals surface area contributed by atoms with Crippen LogP contribution in [0.3, 0.4) is 0 Å². The summed E-state index contributed by atoms with van der Waals surface area (Å²) in [6.45, 7) is 3.93. The van der Waals surface area contributed by atoms with Gasteiger partial charge in [-0.25, -0.2) is 9.59 Å². The first kappa shape index (κ1) is 14.5. The predicted molar refractivity (Wildman–Crippen MR) is 58.8 cm³/mol. The first-order valence-corrected chi connectivity index (χ1v) is 5.24. The fourth-order valence-corrected chi connectivity index (χ4v) is 1.33. The zero-order valence-electron chi connectivity index (χ0n) is 9.82. The fraction of sp³-hybridized carbons (Fsp3) is 0.800. The number of carbonyl (C=O) groups excluding carboxylic acids is 2. The van der Waals surface area contributed by atoms with E-state index in [1.54, 1.807) is 13.8 Å². The van der Waals surface area contributed by atoms with Crippen molar-refractivity contribution < 1.29 is 19.1 Å². The van der Waals surface area contributed by atoms with Crippen LogP contribution in [-0.4, -0.2) is 24.4 Å². The minimum atomic E-state index is -0.762. The smallest absolute Gasteiger partial charge is 0.405 e. The summed E-state index contributed by atoms with van der Waals surface area (Å²) in [5.74, 6) is 0. The molecule has 94 valence electrons. The number of hydrogen-bond acceptors (Lipinski definition) is 4. The Bertz CT molecular complexity index is 241. The third-order valence-corrected chi connectivity index (χ3v) is 2.04. The lowest BCUT2D eigenvalue weighted by Gasteiger charge is -2.23. The molecule has 0 aliphatic carbocycles. The van der Waals surface area contributed by atoms with Gasteiger partial charge in [0.05, 0.1) is 6.61 Å². The Labute approximate surface area is 95.3 Å². The van der Waals surface area contributed by atoms with E-state index in [-0.39, 0.29) is 0 Å². The number of unbranched alkanes of at least 4 members (excludes halogenated alkanes) is 2. The van der Waals surface area contributed by atoms with Crippen molar-refractivity contribution in [1.82, 2.24) is 0 Å². The molecule has 0 spiro atoms. The van der Waals surface area contributed by atoms with Crippen molar-refractivity contribution in [1.29, 1.82) is 0 Å². The van der Waals surface area contributed by atoms with E-state index in [0.29, 0.717) is 13.0 Å². The minimum Gasteiger partial charge on any atom is -0.450 e. The predicted octanol–water partition coefficient (Wildman–Crippen LogP) is 1.52. The molecule has 6 nitrogen and oxygen atoms in total. The quantitative estimate of drug-likeness (QED) is 0.649. The third-order valence-electron chi connectivity index (χ3n) is 2.04. The number of primary amides is 2. The Hall–Kier alpha value is -1.46. The van der Waals surface area contributed by atoms with Crippen LogP contribution in [0.5, 0.6) is 0 Å². The van der Waals surface area contributed by atoms with Gasteiger partial charge in [-0.1, -0.05) is 0 Å². The van der Waals surface area contributed by atoms with Crippen molar-refractivity contribution in [2.45, 2.75) is 45.1 Å². The van der Waals surface area contributed by atoms with Crippen molar-refractivity contribution in [2.24, 2.45) is 11.5 Å². The number of ether oxygens (including phenoxy) is 2. The summed E-state index contributed by atoms with van der Waals surface area (Å²) in [4.78, 5) is 20.8. The van der Waals surface area contributed by atoms with E-state index in [4.69, 9.17) is 16.2 Å². The van der Waals surface area contributed by atoms with E-state index in [1.807, 2.05) is 0 Å². The lowest BCUT2D eigenvalue weighted by atomic mass is 10.0. The molecule has 6 heteroatoms. The SMILES string of the molecule is CC(C)(CCCCCOC(N)=O)OC(N)=O. The number of carbonyl (C=O) groups is 2. The van der Waals surface area contributed by atoms with E-state index in [0.717, 1.165) is 19.3 Å². The van der Waals surface area contributed by atoms with Gasteiger partial charge >= 0.3 is 12.2 Å². The van der Waals surface area contributed by atoms with Gasteiger partial charge in [0, 0.05) is 0 Å². The maximum absolute atomic E-state index is 10.6. The summed E-state index contributed by atoms with van der Waals surface area (Å²) < 4.78 is 9.49. The Morgan fingerprint density at radius 3 is 2.19 bits per heavy atom. The van der Waals surface area contributed by atoms with Gasteiger partial charge < -0.3 is 20.9 Å². The highest BCUT2D eigenvalue weighted by Gasteiger charge is 2.20. The molecule has 0 aliphatic heterocycles. The minimum absolute atomic E-state index is 0.326. The van der Waals surface area contributed by atoms with Gasteiger partial charge in [0.15, 0.2) is 0 Å². The molecule has 0 radical (unpaired) electrons. The van der Waals surface area contributed by atoms with E-state index in [9.17, 15) is 9.59 Å². The summed E-state index contributed by atoms with van der Waals surface area (Å²) in [6.07, 6.45) is 1.68. The molecule has 0 aromatic heterocycles. The largest absolute Gasteiger partial charge is 0.450 e. The highest BCUT2D eigenvalue weighted by atomic mass is 16.6. The highest BCUT2D eigenvalue weighted by Crippen LogP contribution is 2.18. The molecule has 0 aromatic carbocycles. The molecule has 0 heterocycles. The summed E-state index contributed by atoms with van der Waals surface area (Å²) >= 11 is 0. The van der Waals surface area contributed by atoms with Crippen molar-refractivity contribution >= 4 is 12.2 Å². The molecule has 0 unspecified atom stereocenters. The molecule has 0 atom stereocenters. The molecule has 2 amide bonds. The standard InChI is InChI=1S/C10H20N2O4/c1-10(2,16-9(12)14)6-4-3-5-7-15-8(11)13/h3-7H2,1-2H3,(H2,11,13)(H2,12,14). The first-order chi connectivity index (χ1) is 7.33. The van der Waals surface area contributed by atoms with Crippen LogP contribution in [0, 0.1) is 0 Å². The second-order valence-corrected chi connectivity index (χ2v) is 4.16. The molecule has 0 aromatic rings. The average molecular weight is 232 g/mol. The molecule has 4 N–H and O–H groups in total. The number of hydrogen-bond donors (Lipinski definition) is 2. The van der Waals surface area contributed by atoms with Crippen molar-refractivity contribution in [2.75, 3.05) is 6.61 Å². The normalized spacial score (nSPS) is 10.9. The van der Waals surface area contributed by atoms with Gasteiger partial charge in [-0.15, -0.1) is 0 Å². The summed E-state index contributed by atoms with van der Waals surface area (Å²) in [5.41, 5.74) is 9.18. The average Bonchev–Trinajstić information content (AvgIpc) is 2.08. The molecule has 0 rings (SSSR count). The van der Waals surface area contributed by atoms with Crippen LogP contribution in [0.15, 0.2) is 0 Å². The number of rotatable bonds is 7. The Morgan fingerprint density at radius 2 is 1.69 bits per heavy atom. The first-order valence-electron chi connectivity index (χ1n) is 5.24. The maximum Gasteiger partial charge on any atom is 0.405 e. The summed E-state index contributed by atoms with van der Waals surface area (Å²) in [5, 5.41) is 0. The van der Waals surface area contributed by atoms with Gasteiger partial charge in [0.1, 0.15) is 5.60 Å². The van der Waals surface area contributed by atoms with E-state index in [2.05, 4.69) is 4.74 Å². The molecular weight excluding hydrogens is 212 g/mol. The van der Waals surface area contributed by atoms with Gasteiger partial charge in [-0.2, -0.15) is 0 Å². The van der Waals surface area contributed by atoms with Crippen molar-refractivity contribution in [3.63, 3.8) is 0 Å². The van der Waals surface area contributed by atoms with Gasteiger partial charge in [0.2, 0.25) is 0 Å². The monoisotopic (exact) mass is 232 g/mol. The molecule has 0 saturated carbocycles. The van der Waals surface area contributed by atoms with Gasteiger partial charge in [0.25, 0.3) is 0 Å². The maximum atomic E-state index is 10.6. The van der Waals surface area contributed by atoms with Gasteiger partial charge in [-0.05, 0) is 39.5 Å². The second kappa shape index (κ2) is 6.92. The lowest BCUT2D eigenvalue weighted by Crippen LogP contribution is -2.30. The summed E-state index contributed by atoms with van der Waals surface area (Å²) in [7, 11) is 0. The zero-order valence-corrected chi connectivity index (χ0v) is 9.82. The Morgan fingerprint density at radius 1 is 1.06 bits per heavy atom. The van der Waals surface area contributed by atoms with Crippen LogP contribution in [-0.2, 0) is 9.47 Å². The van der Waals surface area contributed by atoms with Crippen LogP contribution in [0.2, 0.25) is 0 Å². The summed E-state index contributed by atoms with van der Waals surface area (Å²) in [6, 6.07) is 0. The topological polar surface area (TPSA) is 105 Å². The molecule has 16 heavy (non-hydrogen) atoms. The van der Waals surface area contributed by atoms with Crippen LogP contribution in [0.4, 0.5) is 9.59 Å². The van der Waals surface area contributed by atoms with E-state index < -0.39 is 17.8 Å². The Kier molecular flexibility index (Phi) is 6.29. The van der Waals surface area contributed by atoms with Crippen LogP contribution in [0.1, 0.15) is 39.5 Å². The fourth-order valence-electron chi connectivity index (χ4n) is 1.33. The van der Waals surface area contributed by atoms with Crippen molar-refractivity contribution in [3.05, 3.63) is 0 Å². The zero-order chi connectivity index (χ0) is 12.6. The second-order valence-electron chi connectivity index (χ2n) is 4.16. The molecule has 0 saturated heterocycles. The Balaban J connectivity index is 3.50. The number of amides is 2. The molecule has 0 aliphatic rings. The van der Waals surface area contributed by atoms with E-state index >= 15 is 0 Å². The van der Waals surface area contributed by atoms with Crippen LogP contribution < -0.4 is 11.5 Å². The van der Waals surface area contributed by atoms with Crippen LogP contribution in [0.25, 0.3) is 0 Å². The van der Waals surface area contributed by atoms with Crippen molar-refractivity contribution in [3.8, 4) is 0 Å². The lowest BCUT2D eigenvalue weighted by molar-refractivity contribution is 0.0368. The van der Waals surface area contributed by atoms with Crippen LogP contribution >= 0.6 is 0 Å². The van der Waals surface area contributed by atoms with Gasteiger partial charge in [-0.3, -0.25) is 0 Å². The highest BCUT2D eigenvalue weighted by molar-refractivity contribution is 5.65.